The number of para-hydroxylation sites is 1. The lowest BCUT2D eigenvalue weighted by Crippen LogP contribution is -2.33. The first-order valence-electron chi connectivity index (χ1n) is 7.19. The maximum atomic E-state index is 12.2. The van der Waals surface area contributed by atoms with E-state index in [1.54, 1.807) is 13.0 Å². The number of nitrogens with one attached hydrogen (secondary N) is 1. The summed E-state index contributed by atoms with van der Waals surface area (Å²) < 4.78 is 17.7. The molecule has 1 aliphatic rings. The molecule has 21 heavy (non-hydrogen) atoms. The van der Waals surface area contributed by atoms with Crippen LogP contribution in [-0.2, 0) is 26.9 Å². The summed E-state index contributed by atoms with van der Waals surface area (Å²) in [6, 6.07) is 7.37. The van der Waals surface area contributed by atoms with Crippen LogP contribution in [0.5, 0.6) is 0 Å². The molecule has 6 heteroatoms. The summed E-state index contributed by atoms with van der Waals surface area (Å²) in [6.07, 6.45) is 1.96. The van der Waals surface area contributed by atoms with Crippen LogP contribution in [0.3, 0.4) is 0 Å². The van der Waals surface area contributed by atoms with Gasteiger partial charge in [0.25, 0.3) is 0 Å². The van der Waals surface area contributed by atoms with Crippen LogP contribution in [0.4, 0.5) is 5.69 Å². The van der Waals surface area contributed by atoms with Gasteiger partial charge in [-0.1, -0.05) is 18.2 Å². The number of carbonyl (C=O) groups excluding carboxylic acids is 1. The zero-order valence-corrected chi connectivity index (χ0v) is 13.0. The van der Waals surface area contributed by atoms with E-state index in [2.05, 4.69) is 5.32 Å². The number of nitrogens with two attached hydrogens (primary N) is 1. The van der Waals surface area contributed by atoms with E-state index in [0.717, 1.165) is 25.0 Å². The maximum absolute atomic E-state index is 12.2. The molecule has 0 aliphatic carbocycles. The van der Waals surface area contributed by atoms with E-state index >= 15 is 0 Å². The van der Waals surface area contributed by atoms with Gasteiger partial charge in [0.1, 0.15) is 5.25 Å². The fraction of sp³-hybridized carbons (Fsp3) is 0.533. The molecule has 0 aromatic heterocycles. The highest BCUT2D eigenvalue weighted by Crippen LogP contribution is 2.17. The number of hydrogen-bond acceptors (Lipinski definition) is 4. The van der Waals surface area contributed by atoms with E-state index < -0.39 is 16.0 Å². The number of hydrogen-bond donors (Lipinski definition) is 2. The Morgan fingerprint density at radius 2 is 2.29 bits per heavy atom. The van der Waals surface area contributed by atoms with Crippen LogP contribution in [0.25, 0.3) is 0 Å². The standard InChI is InChI=1S/C15H22N2O3S/c1-11(21(19)10-13-6-4-8-20-13)15(18)17-14-7-3-2-5-12(14)9-16/h2-3,5,7,11,13H,4,6,8-10,16H2,1H3,(H,17,18). The number of benzene rings is 1. The van der Waals surface area contributed by atoms with E-state index in [4.69, 9.17) is 10.5 Å². The Hall–Kier alpha value is -1.24. The molecule has 5 nitrogen and oxygen atoms in total. The van der Waals surface area contributed by atoms with E-state index in [0.29, 0.717) is 18.0 Å². The lowest BCUT2D eigenvalue weighted by molar-refractivity contribution is -0.115. The minimum atomic E-state index is -1.24. The lowest BCUT2D eigenvalue weighted by Gasteiger charge is -2.16. The van der Waals surface area contributed by atoms with Crippen LogP contribution in [0.1, 0.15) is 25.3 Å². The summed E-state index contributed by atoms with van der Waals surface area (Å²) in [5.41, 5.74) is 7.19. The van der Waals surface area contributed by atoms with Gasteiger partial charge in [0.05, 0.1) is 11.9 Å². The Kier molecular flexibility index (Phi) is 5.90. The normalized spacial score (nSPS) is 21.0. The van der Waals surface area contributed by atoms with Crippen molar-refractivity contribution in [3.8, 4) is 0 Å². The number of amides is 1. The second-order valence-corrected chi connectivity index (χ2v) is 6.98. The summed E-state index contributed by atoms with van der Waals surface area (Å²) in [6.45, 7) is 2.77. The minimum absolute atomic E-state index is 0.0254. The summed E-state index contributed by atoms with van der Waals surface area (Å²) >= 11 is 0. The summed E-state index contributed by atoms with van der Waals surface area (Å²) in [5, 5.41) is 2.24. The topological polar surface area (TPSA) is 81.4 Å². The van der Waals surface area contributed by atoms with Crippen molar-refractivity contribution in [2.75, 3.05) is 17.7 Å². The maximum Gasteiger partial charge on any atom is 0.239 e. The minimum Gasteiger partial charge on any atom is -0.377 e. The molecule has 1 fully saturated rings. The third-order valence-electron chi connectivity index (χ3n) is 3.63. The average molecular weight is 310 g/mol. The van der Waals surface area contributed by atoms with Crippen LogP contribution in [-0.4, -0.2) is 33.8 Å². The molecule has 3 unspecified atom stereocenters. The van der Waals surface area contributed by atoms with E-state index in [-0.39, 0.29) is 12.0 Å². The van der Waals surface area contributed by atoms with Gasteiger partial charge in [0.2, 0.25) is 5.91 Å². The van der Waals surface area contributed by atoms with Crippen molar-refractivity contribution in [2.45, 2.75) is 37.7 Å². The van der Waals surface area contributed by atoms with Crippen molar-refractivity contribution in [1.82, 2.24) is 0 Å². The second kappa shape index (κ2) is 7.68. The fourth-order valence-electron chi connectivity index (χ4n) is 2.28. The molecule has 1 saturated heterocycles. The molecule has 1 aromatic carbocycles. The molecule has 1 aliphatic heterocycles. The van der Waals surface area contributed by atoms with Gasteiger partial charge in [-0.2, -0.15) is 0 Å². The van der Waals surface area contributed by atoms with Crippen LogP contribution >= 0.6 is 0 Å². The molecule has 0 saturated carbocycles. The van der Waals surface area contributed by atoms with Gasteiger partial charge in [-0.05, 0) is 31.4 Å². The largest absolute Gasteiger partial charge is 0.377 e. The molecule has 1 heterocycles. The van der Waals surface area contributed by atoms with Gasteiger partial charge >= 0.3 is 0 Å². The summed E-state index contributed by atoms with van der Waals surface area (Å²) in [7, 11) is -1.24. The number of anilines is 1. The SMILES string of the molecule is CC(C(=O)Nc1ccccc1CN)S(=O)CC1CCCO1. The van der Waals surface area contributed by atoms with Gasteiger partial charge in [0.15, 0.2) is 0 Å². The Morgan fingerprint density at radius 1 is 1.52 bits per heavy atom. The third-order valence-corrected chi connectivity index (χ3v) is 5.34. The van der Waals surface area contributed by atoms with Crippen molar-refractivity contribution >= 4 is 22.4 Å². The fourth-order valence-corrected chi connectivity index (χ4v) is 3.49. The number of carbonyl (C=O) groups is 1. The predicted octanol–water partition coefficient (Wildman–Crippen LogP) is 1.40. The molecule has 1 aromatic rings. The van der Waals surface area contributed by atoms with Crippen LogP contribution in [0.2, 0.25) is 0 Å². The van der Waals surface area contributed by atoms with Crippen molar-refractivity contribution in [1.29, 1.82) is 0 Å². The molecule has 0 radical (unpaired) electrons. The highest BCUT2D eigenvalue weighted by atomic mass is 32.2. The Balaban J connectivity index is 1.93. The first-order valence-corrected chi connectivity index (χ1v) is 8.57. The second-order valence-electron chi connectivity index (χ2n) is 5.18. The quantitative estimate of drug-likeness (QED) is 0.832. The summed E-state index contributed by atoms with van der Waals surface area (Å²) in [4.78, 5) is 12.2. The monoisotopic (exact) mass is 310 g/mol. The van der Waals surface area contributed by atoms with Crippen molar-refractivity contribution in [2.24, 2.45) is 5.73 Å². The highest BCUT2D eigenvalue weighted by Gasteiger charge is 2.25. The van der Waals surface area contributed by atoms with Gasteiger partial charge in [-0.25, -0.2) is 0 Å². The van der Waals surface area contributed by atoms with Gasteiger partial charge in [-0.3, -0.25) is 9.00 Å². The average Bonchev–Trinajstić information content (AvgIpc) is 2.99. The highest BCUT2D eigenvalue weighted by molar-refractivity contribution is 7.86. The molecule has 3 N–H and O–H groups in total. The molecule has 0 bridgehead atoms. The van der Waals surface area contributed by atoms with Gasteiger partial charge < -0.3 is 15.8 Å². The molecule has 2 rings (SSSR count). The van der Waals surface area contributed by atoms with Crippen molar-refractivity contribution in [3.63, 3.8) is 0 Å². The first-order chi connectivity index (χ1) is 10.1. The Labute approximate surface area is 127 Å². The molecular formula is C15H22N2O3S. The zero-order chi connectivity index (χ0) is 15.2. The van der Waals surface area contributed by atoms with Crippen LogP contribution in [0.15, 0.2) is 24.3 Å². The number of rotatable bonds is 6. The summed E-state index contributed by atoms with van der Waals surface area (Å²) in [5.74, 6) is 0.180. The van der Waals surface area contributed by atoms with Crippen LogP contribution in [0, 0.1) is 0 Å². The molecule has 0 spiro atoms. The third kappa shape index (κ3) is 4.36. The van der Waals surface area contributed by atoms with E-state index in [1.807, 2.05) is 18.2 Å². The smallest absolute Gasteiger partial charge is 0.239 e. The first kappa shape index (κ1) is 16.1. The van der Waals surface area contributed by atoms with Gasteiger partial charge in [-0.15, -0.1) is 0 Å². The molecule has 3 atom stereocenters. The molecular weight excluding hydrogens is 288 g/mol. The van der Waals surface area contributed by atoms with Crippen molar-refractivity contribution < 1.29 is 13.7 Å². The van der Waals surface area contributed by atoms with Gasteiger partial charge in [0, 0.05) is 29.6 Å². The van der Waals surface area contributed by atoms with Crippen molar-refractivity contribution in [3.05, 3.63) is 29.8 Å². The van der Waals surface area contributed by atoms with E-state index in [9.17, 15) is 9.00 Å². The zero-order valence-electron chi connectivity index (χ0n) is 12.2. The van der Waals surface area contributed by atoms with E-state index in [1.165, 1.54) is 0 Å². The Morgan fingerprint density at radius 3 is 2.95 bits per heavy atom. The van der Waals surface area contributed by atoms with Crippen LogP contribution < -0.4 is 11.1 Å². The Bertz CT molecular complexity index is 515. The lowest BCUT2D eigenvalue weighted by atomic mass is 10.2. The molecule has 116 valence electrons. The number of ether oxygens (including phenoxy) is 1. The molecule has 1 amide bonds. The predicted molar refractivity (Wildman–Crippen MR) is 84.4 cm³/mol.